The molecule has 1 aromatic rings. The van der Waals surface area contributed by atoms with Crippen LogP contribution in [-0.2, 0) is 9.59 Å². The molecule has 1 aliphatic carbocycles. The third-order valence-corrected chi connectivity index (χ3v) is 5.38. The van der Waals surface area contributed by atoms with Crippen molar-refractivity contribution in [2.24, 2.45) is 11.8 Å². The summed E-state index contributed by atoms with van der Waals surface area (Å²) < 4.78 is 0. The topological polar surface area (TPSA) is 74.1 Å². The van der Waals surface area contributed by atoms with E-state index in [1.807, 2.05) is 4.90 Å². The standard InChI is InChI=1S/C19H23N3O2/c1-13-5-7-15(8-6-13)22-12-14(10-18(22)23)19(24)16(11-20)17-4-2-3-9-21-17/h2-4,9,13-16H,5-8,10,12H2,1H3/t13?,14-,15?,16-/m1/s1. The highest BCUT2D eigenvalue weighted by molar-refractivity contribution is 5.95. The number of carbonyl (C=O) groups excluding carboxylic acids is 2. The van der Waals surface area contributed by atoms with Crippen LogP contribution in [0.5, 0.6) is 0 Å². The molecule has 1 aliphatic heterocycles. The molecule has 1 saturated heterocycles. The maximum absolute atomic E-state index is 12.8. The van der Waals surface area contributed by atoms with E-state index in [4.69, 9.17) is 0 Å². The summed E-state index contributed by atoms with van der Waals surface area (Å²) >= 11 is 0. The first-order chi connectivity index (χ1) is 11.6. The Kier molecular flexibility index (Phi) is 4.94. The van der Waals surface area contributed by atoms with Gasteiger partial charge in [-0.1, -0.05) is 13.0 Å². The van der Waals surface area contributed by atoms with Crippen LogP contribution in [0.2, 0.25) is 0 Å². The van der Waals surface area contributed by atoms with Crippen LogP contribution in [0.4, 0.5) is 0 Å². The minimum Gasteiger partial charge on any atom is -0.339 e. The molecule has 2 atom stereocenters. The van der Waals surface area contributed by atoms with Gasteiger partial charge in [-0.2, -0.15) is 5.26 Å². The molecule has 3 rings (SSSR count). The fraction of sp³-hybridized carbons (Fsp3) is 0.579. The number of carbonyl (C=O) groups is 2. The van der Waals surface area contributed by atoms with Gasteiger partial charge in [-0.3, -0.25) is 14.6 Å². The van der Waals surface area contributed by atoms with Crippen molar-refractivity contribution in [3.8, 4) is 6.07 Å². The van der Waals surface area contributed by atoms with Crippen molar-refractivity contribution in [2.75, 3.05) is 6.54 Å². The van der Waals surface area contributed by atoms with Crippen LogP contribution in [0.1, 0.15) is 50.6 Å². The molecule has 0 N–H and O–H groups in total. The Labute approximate surface area is 142 Å². The van der Waals surface area contributed by atoms with Crippen molar-refractivity contribution in [1.29, 1.82) is 5.26 Å². The average Bonchev–Trinajstić information content (AvgIpc) is 2.99. The van der Waals surface area contributed by atoms with E-state index in [1.54, 1.807) is 24.4 Å². The highest BCUT2D eigenvalue weighted by Crippen LogP contribution is 2.33. The summed E-state index contributed by atoms with van der Waals surface area (Å²) in [7, 11) is 0. The smallest absolute Gasteiger partial charge is 0.223 e. The second kappa shape index (κ2) is 7.12. The van der Waals surface area contributed by atoms with Gasteiger partial charge in [0.1, 0.15) is 5.92 Å². The van der Waals surface area contributed by atoms with Gasteiger partial charge >= 0.3 is 0 Å². The number of aromatic nitrogens is 1. The summed E-state index contributed by atoms with van der Waals surface area (Å²) in [6, 6.07) is 7.56. The first-order valence-corrected chi connectivity index (χ1v) is 8.74. The fourth-order valence-corrected chi connectivity index (χ4v) is 3.89. The second-order valence-electron chi connectivity index (χ2n) is 7.08. The molecule has 1 saturated carbocycles. The van der Waals surface area contributed by atoms with Crippen LogP contribution < -0.4 is 0 Å². The molecule has 2 aliphatic rings. The summed E-state index contributed by atoms with van der Waals surface area (Å²) in [5, 5.41) is 9.41. The third-order valence-electron chi connectivity index (χ3n) is 5.38. The molecular formula is C19H23N3O2. The van der Waals surface area contributed by atoms with Gasteiger partial charge in [0.2, 0.25) is 5.91 Å². The first-order valence-electron chi connectivity index (χ1n) is 8.74. The quantitative estimate of drug-likeness (QED) is 0.853. The Morgan fingerprint density at radius 2 is 2.08 bits per heavy atom. The molecular weight excluding hydrogens is 302 g/mol. The zero-order valence-corrected chi connectivity index (χ0v) is 14.0. The molecule has 1 aromatic heterocycles. The lowest BCUT2D eigenvalue weighted by atomic mass is 9.86. The lowest BCUT2D eigenvalue weighted by Crippen LogP contribution is -2.39. The fourth-order valence-electron chi connectivity index (χ4n) is 3.89. The first kappa shape index (κ1) is 16.6. The monoisotopic (exact) mass is 325 g/mol. The van der Waals surface area contributed by atoms with Crippen molar-refractivity contribution in [3.05, 3.63) is 30.1 Å². The summed E-state index contributed by atoms with van der Waals surface area (Å²) in [4.78, 5) is 31.2. The van der Waals surface area contributed by atoms with Gasteiger partial charge < -0.3 is 4.90 Å². The number of nitriles is 1. The zero-order chi connectivity index (χ0) is 17.1. The van der Waals surface area contributed by atoms with Gasteiger partial charge in [0.05, 0.1) is 11.8 Å². The minimum absolute atomic E-state index is 0.0608. The van der Waals surface area contributed by atoms with Gasteiger partial charge in [-0.15, -0.1) is 0 Å². The number of hydrogen-bond acceptors (Lipinski definition) is 4. The summed E-state index contributed by atoms with van der Waals surface area (Å²) in [5.74, 6) is -0.649. The lowest BCUT2D eigenvalue weighted by molar-refractivity contribution is -0.130. The zero-order valence-electron chi connectivity index (χ0n) is 14.0. The number of nitrogens with zero attached hydrogens (tertiary/aromatic N) is 3. The van der Waals surface area contributed by atoms with Gasteiger partial charge in [0, 0.05) is 31.1 Å². The molecule has 0 unspecified atom stereocenters. The Bertz CT molecular complexity index is 644. The van der Waals surface area contributed by atoms with Crippen molar-refractivity contribution in [1.82, 2.24) is 9.88 Å². The van der Waals surface area contributed by atoms with E-state index in [-0.39, 0.29) is 30.1 Å². The van der Waals surface area contributed by atoms with E-state index in [1.165, 1.54) is 0 Å². The van der Waals surface area contributed by atoms with Crippen LogP contribution in [0.25, 0.3) is 0 Å². The van der Waals surface area contributed by atoms with E-state index in [9.17, 15) is 14.9 Å². The Morgan fingerprint density at radius 1 is 1.33 bits per heavy atom. The third kappa shape index (κ3) is 3.33. The number of pyridine rings is 1. The highest BCUT2D eigenvalue weighted by atomic mass is 16.2. The van der Waals surface area contributed by atoms with Crippen molar-refractivity contribution in [2.45, 2.75) is 51.0 Å². The Hall–Kier alpha value is -2.22. The van der Waals surface area contributed by atoms with E-state index in [0.717, 1.165) is 31.6 Å². The number of Topliss-reactive ketones (excluding diaryl/α,β-unsaturated/α-hetero) is 1. The van der Waals surface area contributed by atoms with E-state index in [0.29, 0.717) is 12.2 Å². The van der Waals surface area contributed by atoms with Crippen LogP contribution in [0, 0.1) is 23.2 Å². The van der Waals surface area contributed by atoms with E-state index >= 15 is 0 Å². The normalized spacial score (nSPS) is 28.4. The van der Waals surface area contributed by atoms with Crippen LogP contribution in [-0.4, -0.2) is 34.2 Å². The summed E-state index contributed by atoms with van der Waals surface area (Å²) in [5.41, 5.74) is 0.474. The molecule has 5 nitrogen and oxygen atoms in total. The molecule has 2 heterocycles. The molecule has 0 bridgehead atoms. The van der Waals surface area contributed by atoms with Crippen LogP contribution >= 0.6 is 0 Å². The molecule has 0 radical (unpaired) electrons. The molecule has 5 heteroatoms. The summed E-state index contributed by atoms with van der Waals surface area (Å²) in [6.07, 6.45) is 6.15. The highest BCUT2D eigenvalue weighted by Gasteiger charge is 2.41. The number of likely N-dealkylation sites (tertiary alicyclic amines) is 1. The number of amides is 1. The number of ketones is 1. The molecule has 126 valence electrons. The van der Waals surface area contributed by atoms with Gasteiger partial charge in [0.25, 0.3) is 0 Å². The maximum Gasteiger partial charge on any atom is 0.223 e. The van der Waals surface area contributed by atoms with Crippen molar-refractivity contribution in [3.63, 3.8) is 0 Å². The van der Waals surface area contributed by atoms with Crippen LogP contribution in [0.15, 0.2) is 24.4 Å². The number of rotatable bonds is 4. The predicted molar refractivity (Wildman–Crippen MR) is 88.8 cm³/mol. The Balaban J connectivity index is 1.68. The number of hydrogen-bond donors (Lipinski definition) is 0. The van der Waals surface area contributed by atoms with Gasteiger partial charge in [-0.05, 0) is 43.7 Å². The molecule has 24 heavy (non-hydrogen) atoms. The Morgan fingerprint density at radius 3 is 2.71 bits per heavy atom. The molecule has 0 aromatic carbocycles. The van der Waals surface area contributed by atoms with Gasteiger partial charge in [0.15, 0.2) is 5.78 Å². The van der Waals surface area contributed by atoms with Crippen molar-refractivity contribution < 1.29 is 9.59 Å². The van der Waals surface area contributed by atoms with E-state index in [2.05, 4.69) is 18.0 Å². The molecule has 2 fully saturated rings. The SMILES string of the molecule is CC1CCC(N2C[C@H](C(=O)[C@H](C#N)c3ccccn3)CC2=O)CC1. The van der Waals surface area contributed by atoms with Gasteiger partial charge in [-0.25, -0.2) is 0 Å². The van der Waals surface area contributed by atoms with Crippen molar-refractivity contribution >= 4 is 11.7 Å². The second-order valence-corrected chi connectivity index (χ2v) is 7.08. The molecule has 0 spiro atoms. The van der Waals surface area contributed by atoms with Crippen LogP contribution in [0.3, 0.4) is 0 Å². The predicted octanol–water partition coefficient (Wildman–Crippen LogP) is 2.69. The van der Waals surface area contributed by atoms with E-state index < -0.39 is 5.92 Å². The molecule has 1 amide bonds. The average molecular weight is 325 g/mol. The largest absolute Gasteiger partial charge is 0.339 e. The minimum atomic E-state index is -0.879. The lowest BCUT2D eigenvalue weighted by Gasteiger charge is -2.33. The summed E-state index contributed by atoms with van der Waals surface area (Å²) in [6.45, 7) is 2.71. The maximum atomic E-state index is 12.8.